The summed E-state index contributed by atoms with van der Waals surface area (Å²) < 4.78 is 5.18. The lowest BCUT2D eigenvalue weighted by atomic mass is 10.1. The van der Waals surface area contributed by atoms with Gasteiger partial charge in [0.1, 0.15) is 5.76 Å². The predicted octanol–water partition coefficient (Wildman–Crippen LogP) is 2.41. The second kappa shape index (κ2) is 5.87. The minimum atomic E-state index is -0.150. The number of aromatic nitrogens is 1. The zero-order valence-corrected chi connectivity index (χ0v) is 12.7. The first-order chi connectivity index (χ1) is 9.93. The molecule has 0 aliphatic heterocycles. The smallest absolute Gasteiger partial charge is 0.251 e. The Bertz CT molecular complexity index is 644. The first-order valence-electron chi connectivity index (χ1n) is 6.75. The van der Waals surface area contributed by atoms with Crippen LogP contribution in [0.25, 0.3) is 0 Å². The Morgan fingerprint density at radius 3 is 2.67 bits per heavy atom. The van der Waals surface area contributed by atoms with E-state index in [0.29, 0.717) is 16.9 Å². The fourth-order valence-electron chi connectivity index (χ4n) is 2.38. The van der Waals surface area contributed by atoms with Crippen molar-refractivity contribution in [1.82, 2.24) is 10.5 Å². The summed E-state index contributed by atoms with van der Waals surface area (Å²) >= 11 is 0. The predicted molar refractivity (Wildman–Crippen MR) is 82.3 cm³/mol. The van der Waals surface area contributed by atoms with Crippen molar-refractivity contribution in [3.63, 3.8) is 0 Å². The van der Waals surface area contributed by atoms with E-state index in [0.717, 1.165) is 17.0 Å². The monoisotopic (exact) mass is 288 g/mol. The van der Waals surface area contributed by atoms with Gasteiger partial charge in [-0.2, -0.15) is 0 Å². The van der Waals surface area contributed by atoms with E-state index in [4.69, 9.17) is 10.3 Å². The van der Waals surface area contributed by atoms with E-state index in [2.05, 4.69) is 15.8 Å². The molecule has 0 spiro atoms. The van der Waals surface area contributed by atoms with Gasteiger partial charge in [0, 0.05) is 18.2 Å². The summed E-state index contributed by atoms with van der Waals surface area (Å²) in [6.45, 7) is 5.77. The maximum absolute atomic E-state index is 11.7. The van der Waals surface area contributed by atoms with E-state index in [-0.39, 0.29) is 11.9 Å². The molecule has 1 aromatic carbocycles. The molecule has 2 rings (SSSR count). The molecule has 0 fully saturated rings. The average Bonchev–Trinajstić information content (AvgIpc) is 2.79. The number of aryl methyl sites for hydroxylation is 2. The molecule has 2 aromatic rings. The third-order valence-corrected chi connectivity index (χ3v) is 3.44. The third kappa shape index (κ3) is 2.99. The Kier molecular flexibility index (Phi) is 4.16. The molecule has 21 heavy (non-hydrogen) atoms. The van der Waals surface area contributed by atoms with Gasteiger partial charge in [0.2, 0.25) is 0 Å². The number of hydrogen-bond acceptors (Lipinski definition) is 5. The molecule has 4 N–H and O–H groups in total. The van der Waals surface area contributed by atoms with Gasteiger partial charge < -0.3 is 20.9 Å². The Morgan fingerprint density at radius 1 is 1.38 bits per heavy atom. The van der Waals surface area contributed by atoms with Crippen LogP contribution in [0.2, 0.25) is 0 Å². The van der Waals surface area contributed by atoms with Gasteiger partial charge in [0.15, 0.2) is 0 Å². The van der Waals surface area contributed by atoms with Crippen molar-refractivity contribution in [3.8, 4) is 0 Å². The highest BCUT2D eigenvalue weighted by molar-refractivity contribution is 5.96. The summed E-state index contributed by atoms with van der Waals surface area (Å²) in [6, 6.07) is 5.12. The molecule has 1 amide bonds. The van der Waals surface area contributed by atoms with Crippen LogP contribution in [-0.4, -0.2) is 18.1 Å². The molecular formula is C15H20N4O2. The lowest BCUT2D eigenvalue weighted by Crippen LogP contribution is -2.18. The molecule has 0 saturated heterocycles. The van der Waals surface area contributed by atoms with Gasteiger partial charge in [-0.1, -0.05) is 5.16 Å². The molecular weight excluding hydrogens is 268 g/mol. The maximum atomic E-state index is 11.7. The standard InChI is InChI=1S/C15H20N4O2/c1-8(14-9(2)19-21-10(14)3)18-13-7-11(15(20)17-4)5-6-12(13)16/h5-8,18H,16H2,1-4H3,(H,17,20). The van der Waals surface area contributed by atoms with E-state index in [9.17, 15) is 4.79 Å². The van der Waals surface area contributed by atoms with E-state index in [1.807, 2.05) is 20.8 Å². The van der Waals surface area contributed by atoms with Crippen molar-refractivity contribution in [3.05, 3.63) is 40.8 Å². The number of nitrogens with two attached hydrogens (primary N) is 1. The molecule has 1 unspecified atom stereocenters. The van der Waals surface area contributed by atoms with Crippen molar-refractivity contribution in [1.29, 1.82) is 0 Å². The summed E-state index contributed by atoms with van der Waals surface area (Å²) in [5.41, 5.74) is 9.67. The Balaban J connectivity index is 2.29. The second-order valence-electron chi connectivity index (χ2n) is 4.99. The number of nitrogens with one attached hydrogen (secondary N) is 2. The fraction of sp³-hybridized carbons (Fsp3) is 0.333. The zero-order chi connectivity index (χ0) is 15.6. The van der Waals surface area contributed by atoms with E-state index >= 15 is 0 Å². The number of anilines is 2. The molecule has 1 aromatic heterocycles. The van der Waals surface area contributed by atoms with Gasteiger partial charge in [-0.05, 0) is 39.0 Å². The highest BCUT2D eigenvalue weighted by Crippen LogP contribution is 2.28. The molecule has 112 valence electrons. The number of nitrogens with zero attached hydrogens (tertiary/aromatic N) is 1. The summed E-state index contributed by atoms with van der Waals surface area (Å²) in [5, 5.41) is 9.85. The summed E-state index contributed by atoms with van der Waals surface area (Å²) in [5.74, 6) is 0.622. The molecule has 0 radical (unpaired) electrons. The third-order valence-electron chi connectivity index (χ3n) is 3.44. The number of nitrogen functional groups attached to an aromatic ring is 1. The largest absolute Gasteiger partial charge is 0.397 e. The van der Waals surface area contributed by atoms with Gasteiger partial charge in [-0.15, -0.1) is 0 Å². The number of carbonyl (C=O) groups is 1. The van der Waals surface area contributed by atoms with E-state index in [1.165, 1.54) is 0 Å². The van der Waals surface area contributed by atoms with Crippen molar-refractivity contribution in [2.24, 2.45) is 0 Å². The van der Waals surface area contributed by atoms with Crippen LogP contribution >= 0.6 is 0 Å². The lowest BCUT2D eigenvalue weighted by Gasteiger charge is -2.17. The summed E-state index contributed by atoms with van der Waals surface area (Å²) in [7, 11) is 1.60. The first-order valence-corrected chi connectivity index (χ1v) is 6.75. The number of hydrogen-bond donors (Lipinski definition) is 3. The van der Waals surface area contributed by atoms with Gasteiger partial charge in [-0.3, -0.25) is 4.79 Å². The van der Waals surface area contributed by atoms with Gasteiger partial charge in [0.05, 0.1) is 23.1 Å². The van der Waals surface area contributed by atoms with Crippen LogP contribution in [0, 0.1) is 13.8 Å². The lowest BCUT2D eigenvalue weighted by molar-refractivity contribution is 0.0963. The van der Waals surface area contributed by atoms with Crippen LogP contribution < -0.4 is 16.4 Å². The molecule has 0 aliphatic carbocycles. The van der Waals surface area contributed by atoms with Crippen LogP contribution in [0.3, 0.4) is 0 Å². The van der Waals surface area contributed by atoms with Crippen LogP contribution in [0.5, 0.6) is 0 Å². The quantitative estimate of drug-likeness (QED) is 0.751. The van der Waals surface area contributed by atoms with Gasteiger partial charge in [-0.25, -0.2) is 0 Å². The molecule has 6 nitrogen and oxygen atoms in total. The van der Waals surface area contributed by atoms with Gasteiger partial charge in [0.25, 0.3) is 5.91 Å². The number of carbonyl (C=O) groups excluding carboxylic acids is 1. The van der Waals surface area contributed by atoms with E-state index in [1.54, 1.807) is 25.2 Å². The van der Waals surface area contributed by atoms with Crippen LogP contribution in [-0.2, 0) is 0 Å². The summed E-state index contributed by atoms with van der Waals surface area (Å²) in [4.78, 5) is 11.7. The highest BCUT2D eigenvalue weighted by atomic mass is 16.5. The normalized spacial score (nSPS) is 12.0. The number of amides is 1. The number of benzene rings is 1. The fourth-order valence-corrected chi connectivity index (χ4v) is 2.38. The van der Waals surface area contributed by atoms with E-state index < -0.39 is 0 Å². The molecule has 0 aliphatic rings. The molecule has 1 heterocycles. The molecule has 0 saturated carbocycles. The first kappa shape index (κ1) is 14.9. The topological polar surface area (TPSA) is 93.2 Å². The van der Waals surface area contributed by atoms with Crippen LogP contribution in [0.15, 0.2) is 22.7 Å². The van der Waals surface area contributed by atoms with Crippen molar-refractivity contribution in [2.75, 3.05) is 18.1 Å². The minimum Gasteiger partial charge on any atom is -0.397 e. The van der Waals surface area contributed by atoms with Crippen LogP contribution in [0.4, 0.5) is 11.4 Å². The number of rotatable bonds is 4. The average molecular weight is 288 g/mol. The summed E-state index contributed by atoms with van der Waals surface area (Å²) in [6.07, 6.45) is 0. The maximum Gasteiger partial charge on any atom is 0.251 e. The minimum absolute atomic E-state index is 0.0292. The van der Waals surface area contributed by atoms with Crippen molar-refractivity contribution < 1.29 is 9.32 Å². The SMILES string of the molecule is CNC(=O)c1ccc(N)c(NC(C)c2c(C)noc2C)c1. The van der Waals surface area contributed by atoms with Crippen molar-refractivity contribution in [2.45, 2.75) is 26.8 Å². The second-order valence-corrected chi connectivity index (χ2v) is 4.99. The highest BCUT2D eigenvalue weighted by Gasteiger charge is 2.17. The Labute approximate surface area is 123 Å². The Morgan fingerprint density at radius 2 is 2.10 bits per heavy atom. The molecule has 1 atom stereocenters. The molecule has 0 bridgehead atoms. The molecule has 6 heteroatoms. The van der Waals surface area contributed by atoms with Crippen molar-refractivity contribution >= 4 is 17.3 Å². The van der Waals surface area contributed by atoms with Crippen LogP contribution in [0.1, 0.15) is 40.3 Å². The Hall–Kier alpha value is -2.50. The zero-order valence-electron chi connectivity index (χ0n) is 12.7. The van der Waals surface area contributed by atoms with Gasteiger partial charge >= 0.3 is 0 Å².